The summed E-state index contributed by atoms with van der Waals surface area (Å²) in [5, 5.41) is 3.05. The van der Waals surface area contributed by atoms with E-state index >= 15 is 0 Å². The molecule has 2 aliphatic heterocycles. The number of hydrazine groups is 1. The summed E-state index contributed by atoms with van der Waals surface area (Å²) < 4.78 is 0. The highest BCUT2D eigenvalue weighted by molar-refractivity contribution is 5.73. The number of carbonyl (C=O) groups is 1. The molecule has 3 atom stereocenters. The Morgan fingerprint density at radius 2 is 1.85 bits per heavy atom. The first-order valence-corrected chi connectivity index (χ1v) is 9.82. The molecule has 0 radical (unpaired) electrons. The zero-order valence-corrected chi connectivity index (χ0v) is 15.8. The van der Waals surface area contributed by atoms with Gasteiger partial charge in [0.1, 0.15) is 0 Å². The van der Waals surface area contributed by atoms with Crippen molar-refractivity contribution in [2.24, 2.45) is 5.92 Å². The van der Waals surface area contributed by atoms with Gasteiger partial charge in [-0.3, -0.25) is 10.2 Å². The maximum Gasteiger partial charge on any atom is 0.217 e. The summed E-state index contributed by atoms with van der Waals surface area (Å²) in [4.78, 5) is 13.7. The van der Waals surface area contributed by atoms with Crippen molar-refractivity contribution in [1.29, 1.82) is 0 Å². The number of amides is 1. The lowest BCUT2D eigenvalue weighted by molar-refractivity contribution is -0.119. The summed E-state index contributed by atoms with van der Waals surface area (Å²) >= 11 is 0. The normalized spacial score (nSPS) is 25.6. The lowest BCUT2D eigenvalue weighted by Crippen LogP contribution is -2.37. The standard InChI is InChI=1S/C22H28N4O/c1-16(27)24-21-11-12-26(15-21)14-20-13-23-25-22(20)19-9-7-18(8-10-19)17-5-3-2-4-6-17/h2-10,20-23,25H,11-15H2,1H3,(H,24,27). The van der Waals surface area contributed by atoms with Crippen LogP contribution >= 0.6 is 0 Å². The maximum atomic E-state index is 11.3. The van der Waals surface area contributed by atoms with Crippen molar-refractivity contribution in [3.63, 3.8) is 0 Å². The molecule has 0 bridgehead atoms. The van der Waals surface area contributed by atoms with Crippen LogP contribution in [-0.2, 0) is 4.79 Å². The Morgan fingerprint density at radius 3 is 2.59 bits per heavy atom. The molecule has 3 N–H and O–H groups in total. The first-order chi connectivity index (χ1) is 13.2. The predicted molar refractivity (Wildman–Crippen MR) is 108 cm³/mol. The second-order valence-corrected chi connectivity index (χ2v) is 7.70. The molecule has 4 rings (SSSR count). The van der Waals surface area contributed by atoms with Crippen molar-refractivity contribution in [2.75, 3.05) is 26.2 Å². The molecule has 5 nitrogen and oxygen atoms in total. The smallest absolute Gasteiger partial charge is 0.217 e. The van der Waals surface area contributed by atoms with Crippen molar-refractivity contribution in [2.45, 2.75) is 25.4 Å². The molecule has 0 aromatic heterocycles. The van der Waals surface area contributed by atoms with Gasteiger partial charge in [0.2, 0.25) is 5.91 Å². The van der Waals surface area contributed by atoms with Crippen molar-refractivity contribution in [3.05, 3.63) is 60.2 Å². The Hall–Kier alpha value is -2.21. The summed E-state index contributed by atoms with van der Waals surface area (Å²) in [6, 6.07) is 20.0. The number of rotatable bonds is 5. The van der Waals surface area contributed by atoms with E-state index < -0.39 is 0 Å². The summed E-state index contributed by atoms with van der Waals surface area (Å²) in [6.45, 7) is 5.62. The summed E-state index contributed by atoms with van der Waals surface area (Å²) in [5.74, 6) is 0.589. The van der Waals surface area contributed by atoms with Gasteiger partial charge in [0.15, 0.2) is 0 Å². The van der Waals surface area contributed by atoms with Crippen molar-refractivity contribution in [3.8, 4) is 11.1 Å². The lowest BCUT2D eigenvalue weighted by Gasteiger charge is -2.25. The van der Waals surface area contributed by atoms with Gasteiger partial charge in [0, 0.05) is 45.1 Å². The predicted octanol–water partition coefficient (Wildman–Crippen LogP) is 2.33. The van der Waals surface area contributed by atoms with Gasteiger partial charge >= 0.3 is 0 Å². The topological polar surface area (TPSA) is 56.4 Å². The maximum absolute atomic E-state index is 11.3. The van der Waals surface area contributed by atoms with Crippen LogP contribution in [0.15, 0.2) is 54.6 Å². The van der Waals surface area contributed by atoms with Crippen LogP contribution in [0.2, 0.25) is 0 Å². The van der Waals surface area contributed by atoms with E-state index in [1.54, 1.807) is 6.92 Å². The third kappa shape index (κ3) is 4.38. The largest absolute Gasteiger partial charge is 0.352 e. The minimum Gasteiger partial charge on any atom is -0.352 e. The fourth-order valence-electron chi connectivity index (χ4n) is 4.31. The molecule has 142 valence electrons. The van der Waals surface area contributed by atoms with E-state index in [1.165, 1.54) is 16.7 Å². The van der Waals surface area contributed by atoms with E-state index in [-0.39, 0.29) is 5.91 Å². The Bertz CT molecular complexity index is 762. The van der Waals surface area contributed by atoms with E-state index in [2.05, 4.69) is 69.6 Å². The first-order valence-electron chi connectivity index (χ1n) is 9.82. The average Bonchev–Trinajstić information content (AvgIpc) is 3.32. The summed E-state index contributed by atoms with van der Waals surface area (Å²) in [6.07, 6.45) is 1.05. The molecule has 5 heteroatoms. The Labute approximate surface area is 161 Å². The Kier molecular flexibility index (Phi) is 5.53. The molecule has 0 saturated carbocycles. The van der Waals surface area contributed by atoms with Crippen LogP contribution < -0.4 is 16.2 Å². The molecule has 27 heavy (non-hydrogen) atoms. The molecule has 2 heterocycles. The number of nitrogens with one attached hydrogen (secondary N) is 3. The molecular weight excluding hydrogens is 336 g/mol. The quantitative estimate of drug-likeness (QED) is 0.762. The number of nitrogens with zero attached hydrogens (tertiary/aromatic N) is 1. The number of hydrogen-bond donors (Lipinski definition) is 3. The van der Waals surface area contributed by atoms with E-state index in [9.17, 15) is 4.79 Å². The minimum atomic E-state index is 0.0717. The molecule has 2 saturated heterocycles. The minimum absolute atomic E-state index is 0.0717. The van der Waals surface area contributed by atoms with E-state index in [0.717, 1.165) is 32.6 Å². The van der Waals surface area contributed by atoms with Crippen molar-refractivity contribution >= 4 is 5.91 Å². The molecule has 1 amide bonds. The Balaban J connectivity index is 1.39. The second-order valence-electron chi connectivity index (χ2n) is 7.70. The zero-order valence-electron chi connectivity index (χ0n) is 15.8. The summed E-state index contributed by atoms with van der Waals surface area (Å²) in [7, 11) is 0. The van der Waals surface area contributed by atoms with Gasteiger partial charge in [-0.2, -0.15) is 0 Å². The molecule has 0 spiro atoms. The first kappa shape index (κ1) is 18.2. The van der Waals surface area contributed by atoms with Crippen LogP contribution in [0.1, 0.15) is 24.9 Å². The SMILES string of the molecule is CC(=O)NC1CCN(CC2CNNC2c2ccc(-c3ccccc3)cc2)C1. The third-order valence-electron chi connectivity index (χ3n) is 5.64. The zero-order chi connectivity index (χ0) is 18.6. The van der Waals surface area contributed by atoms with E-state index in [4.69, 9.17) is 0 Å². The van der Waals surface area contributed by atoms with E-state index in [0.29, 0.717) is 18.0 Å². The molecular formula is C22H28N4O. The monoisotopic (exact) mass is 364 g/mol. The van der Waals surface area contributed by atoms with Crippen LogP contribution in [0.3, 0.4) is 0 Å². The lowest BCUT2D eigenvalue weighted by atomic mass is 9.93. The van der Waals surface area contributed by atoms with Gasteiger partial charge in [0.05, 0.1) is 6.04 Å². The number of likely N-dealkylation sites (tertiary alicyclic amines) is 1. The van der Waals surface area contributed by atoms with E-state index in [1.807, 2.05) is 6.07 Å². The van der Waals surface area contributed by atoms with Gasteiger partial charge < -0.3 is 10.2 Å². The highest BCUT2D eigenvalue weighted by atomic mass is 16.1. The van der Waals surface area contributed by atoms with Crippen LogP contribution in [0.5, 0.6) is 0 Å². The van der Waals surface area contributed by atoms with Crippen molar-refractivity contribution in [1.82, 2.24) is 21.1 Å². The molecule has 0 aliphatic carbocycles. The van der Waals surface area contributed by atoms with Crippen molar-refractivity contribution < 1.29 is 4.79 Å². The fourth-order valence-corrected chi connectivity index (χ4v) is 4.31. The third-order valence-corrected chi connectivity index (χ3v) is 5.64. The highest BCUT2D eigenvalue weighted by Gasteiger charge is 2.32. The number of carbonyl (C=O) groups excluding carboxylic acids is 1. The molecule has 2 aromatic rings. The average molecular weight is 364 g/mol. The molecule has 2 aliphatic rings. The van der Waals surface area contributed by atoms with Crippen LogP contribution in [-0.4, -0.2) is 43.0 Å². The number of benzene rings is 2. The van der Waals surface area contributed by atoms with Crippen LogP contribution in [0, 0.1) is 5.92 Å². The second kappa shape index (κ2) is 8.21. The van der Waals surface area contributed by atoms with Gasteiger partial charge in [0.25, 0.3) is 0 Å². The van der Waals surface area contributed by atoms with Crippen LogP contribution in [0.25, 0.3) is 11.1 Å². The molecule has 2 fully saturated rings. The molecule has 2 aromatic carbocycles. The number of hydrogen-bond acceptors (Lipinski definition) is 4. The highest BCUT2D eigenvalue weighted by Crippen LogP contribution is 2.29. The fraction of sp³-hybridized carbons (Fsp3) is 0.409. The van der Waals surface area contributed by atoms with Gasteiger partial charge in [-0.25, -0.2) is 5.43 Å². The summed E-state index contributed by atoms with van der Waals surface area (Å²) in [5.41, 5.74) is 10.6. The molecule has 3 unspecified atom stereocenters. The van der Waals surface area contributed by atoms with Crippen LogP contribution in [0.4, 0.5) is 0 Å². The van der Waals surface area contributed by atoms with Gasteiger partial charge in [-0.1, -0.05) is 54.6 Å². The Morgan fingerprint density at radius 1 is 1.11 bits per heavy atom. The van der Waals surface area contributed by atoms with Gasteiger partial charge in [-0.15, -0.1) is 0 Å². The van der Waals surface area contributed by atoms with Gasteiger partial charge in [-0.05, 0) is 23.1 Å².